The van der Waals surface area contributed by atoms with Crippen LogP contribution in [0.5, 0.6) is 0 Å². The minimum absolute atomic E-state index is 0.00862. The molecule has 0 heterocycles. The molecule has 110 valence electrons. The highest BCUT2D eigenvalue weighted by molar-refractivity contribution is 5.94. The summed E-state index contributed by atoms with van der Waals surface area (Å²) in [4.78, 5) is 24.3. The zero-order valence-corrected chi connectivity index (χ0v) is 11.8. The molecule has 1 fully saturated rings. The molecule has 0 aliphatic heterocycles. The third kappa shape index (κ3) is 4.06. The van der Waals surface area contributed by atoms with Gasteiger partial charge in [-0.25, -0.2) is 0 Å². The lowest BCUT2D eigenvalue weighted by atomic mass is 9.83. The second kappa shape index (κ2) is 7.44. The van der Waals surface area contributed by atoms with Crippen LogP contribution < -0.4 is 10.6 Å². The Balaban J connectivity index is 2.00. The molecule has 21 heavy (non-hydrogen) atoms. The molecule has 1 aliphatic carbocycles. The summed E-state index contributed by atoms with van der Waals surface area (Å²) in [6, 6.07) is 10.7. The number of amides is 2. The van der Waals surface area contributed by atoms with Gasteiger partial charge in [-0.1, -0.05) is 31.0 Å². The van der Waals surface area contributed by atoms with Crippen LogP contribution >= 0.6 is 0 Å². The molecular formula is C16H19N3O2. The van der Waals surface area contributed by atoms with Crippen LogP contribution in [0.25, 0.3) is 0 Å². The molecule has 2 rings (SSSR count). The first-order valence-electron chi connectivity index (χ1n) is 7.23. The first-order chi connectivity index (χ1) is 10.2. The van der Waals surface area contributed by atoms with E-state index < -0.39 is 0 Å². The Hall–Kier alpha value is -2.35. The Labute approximate surface area is 124 Å². The van der Waals surface area contributed by atoms with E-state index in [0.29, 0.717) is 5.56 Å². The van der Waals surface area contributed by atoms with Crippen LogP contribution in [-0.2, 0) is 4.79 Å². The number of hydrogen-bond donors (Lipinski definition) is 2. The van der Waals surface area contributed by atoms with Gasteiger partial charge in [-0.15, -0.1) is 0 Å². The summed E-state index contributed by atoms with van der Waals surface area (Å²) in [5, 5.41) is 14.1. The van der Waals surface area contributed by atoms with Crippen molar-refractivity contribution in [2.75, 3.05) is 6.54 Å². The lowest BCUT2D eigenvalue weighted by molar-refractivity contribution is -0.126. The Kier molecular flexibility index (Phi) is 5.33. The number of nitrogens with zero attached hydrogens (tertiary/aromatic N) is 1. The highest BCUT2D eigenvalue weighted by Gasteiger charge is 2.31. The molecule has 1 saturated carbocycles. The van der Waals surface area contributed by atoms with E-state index in [9.17, 15) is 9.59 Å². The van der Waals surface area contributed by atoms with Gasteiger partial charge in [0.25, 0.3) is 5.91 Å². The van der Waals surface area contributed by atoms with Gasteiger partial charge < -0.3 is 10.6 Å². The average molecular weight is 285 g/mol. The molecule has 2 atom stereocenters. The van der Waals surface area contributed by atoms with Crippen molar-refractivity contribution in [3.05, 3.63) is 35.9 Å². The minimum atomic E-state index is -0.250. The fraction of sp³-hybridized carbons (Fsp3) is 0.438. The van der Waals surface area contributed by atoms with E-state index in [4.69, 9.17) is 5.26 Å². The second-order valence-electron chi connectivity index (χ2n) is 5.21. The average Bonchev–Trinajstić information content (AvgIpc) is 2.54. The quantitative estimate of drug-likeness (QED) is 0.825. The van der Waals surface area contributed by atoms with Gasteiger partial charge in [-0.3, -0.25) is 9.59 Å². The van der Waals surface area contributed by atoms with Crippen molar-refractivity contribution in [1.29, 1.82) is 5.26 Å². The van der Waals surface area contributed by atoms with Crippen molar-refractivity contribution in [2.24, 2.45) is 5.92 Å². The van der Waals surface area contributed by atoms with Gasteiger partial charge in [-0.05, 0) is 25.0 Å². The van der Waals surface area contributed by atoms with Gasteiger partial charge in [0.05, 0.1) is 12.0 Å². The summed E-state index contributed by atoms with van der Waals surface area (Å²) in [6.45, 7) is 0.00862. The number of benzene rings is 1. The molecule has 2 unspecified atom stereocenters. The maximum Gasteiger partial charge on any atom is 0.251 e. The first-order valence-corrected chi connectivity index (χ1v) is 7.23. The Morgan fingerprint density at radius 1 is 1.19 bits per heavy atom. The normalized spacial score (nSPS) is 21.1. The van der Waals surface area contributed by atoms with Crippen molar-refractivity contribution in [2.45, 2.75) is 31.7 Å². The maximum absolute atomic E-state index is 12.2. The summed E-state index contributed by atoms with van der Waals surface area (Å²) >= 11 is 0. The molecule has 1 aromatic carbocycles. The van der Waals surface area contributed by atoms with Gasteiger partial charge in [0.1, 0.15) is 6.54 Å². The number of carbonyl (C=O) groups is 2. The molecule has 2 amide bonds. The predicted octanol–water partition coefficient (Wildman–Crippen LogP) is 1.61. The molecular weight excluding hydrogens is 266 g/mol. The number of nitrogens with one attached hydrogen (secondary N) is 2. The highest BCUT2D eigenvalue weighted by Crippen LogP contribution is 2.25. The highest BCUT2D eigenvalue weighted by atomic mass is 16.2. The molecule has 0 radical (unpaired) electrons. The van der Waals surface area contributed by atoms with Gasteiger partial charge in [0.15, 0.2) is 0 Å². The number of rotatable bonds is 4. The second-order valence-corrected chi connectivity index (χ2v) is 5.21. The van der Waals surface area contributed by atoms with E-state index in [0.717, 1.165) is 25.7 Å². The van der Waals surface area contributed by atoms with Crippen LogP contribution in [0, 0.1) is 17.2 Å². The monoisotopic (exact) mass is 285 g/mol. The molecule has 0 aromatic heterocycles. The minimum Gasteiger partial charge on any atom is -0.349 e. The maximum atomic E-state index is 12.2. The molecule has 0 spiro atoms. The van der Waals surface area contributed by atoms with Crippen molar-refractivity contribution in [1.82, 2.24) is 10.6 Å². The predicted molar refractivity (Wildman–Crippen MR) is 78.3 cm³/mol. The molecule has 0 bridgehead atoms. The third-order valence-corrected chi connectivity index (χ3v) is 3.80. The van der Waals surface area contributed by atoms with Crippen LogP contribution in [0.4, 0.5) is 0 Å². The topological polar surface area (TPSA) is 82.0 Å². The fourth-order valence-electron chi connectivity index (χ4n) is 2.72. The van der Waals surface area contributed by atoms with E-state index in [-0.39, 0.29) is 30.3 Å². The lowest BCUT2D eigenvalue weighted by Gasteiger charge is -2.31. The summed E-state index contributed by atoms with van der Waals surface area (Å²) < 4.78 is 0. The van der Waals surface area contributed by atoms with E-state index >= 15 is 0 Å². The van der Waals surface area contributed by atoms with Crippen LogP contribution in [0.2, 0.25) is 0 Å². The zero-order valence-electron chi connectivity index (χ0n) is 11.8. The summed E-state index contributed by atoms with van der Waals surface area (Å²) in [6.07, 6.45) is 3.52. The van der Waals surface area contributed by atoms with Gasteiger partial charge in [-0.2, -0.15) is 5.26 Å². The largest absolute Gasteiger partial charge is 0.349 e. The standard InChI is InChI=1S/C16H19N3O2/c17-10-11-18-16(21)13-8-4-5-9-14(13)19-15(20)12-6-2-1-3-7-12/h1-3,6-7,13-14H,4-5,8-9,11H2,(H,18,21)(H,19,20). The smallest absolute Gasteiger partial charge is 0.251 e. The van der Waals surface area contributed by atoms with Crippen LogP contribution in [0.3, 0.4) is 0 Å². The van der Waals surface area contributed by atoms with Crippen LogP contribution in [0.1, 0.15) is 36.0 Å². The van der Waals surface area contributed by atoms with E-state index in [2.05, 4.69) is 10.6 Å². The first kappa shape index (κ1) is 15.0. The SMILES string of the molecule is N#CCNC(=O)C1CCCCC1NC(=O)c1ccccc1. The van der Waals surface area contributed by atoms with E-state index in [1.807, 2.05) is 24.3 Å². The lowest BCUT2D eigenvalue weighted by Crippen LogP contribution is -2.48. The van der Waals surface area contributed by atoms with Crippen molar-refractivity contribution >= 4 is 11.8 Å². The Morgan fingerprint density at radius 2 is 1.90 bits per heavy atom. The van der Waals surface area contributed by atoms with Crippen LogP contribution in [0.15, 0.2) is 30.3 Å². The Bertz CT molecular complexity index is 536. The molecule has 5 nitrogen and oxygen atoms in total. The molecule has 1 aromatic rings. The summed E-state index contributed by atoms with van der Waals surface area (Å²) in [7, 11) is 0. The Morgan fingerprint density at radius 3 is 2.62 bits per heavy atom. The van der Waals surface area contributed by atoms with Crippen molar-refractivity contribution in [3.63, 3.8) is 0 Å². The van der Waals surface area contributed by atoms with E-state index in [1.54, 1.807) is 12.1 Å². The zero-order chi connectivity index (χ0) is 15.1. The number of nitriles is 1. The summed E-state index contributed by atoms with van der Waals surface area (Å²) in [5.41, 5.74) is 0.597. The van der Waals surface area contributed by atoms with Crippen molar-refractivity contribution in [3.8, 4) is 6.07 Å². The number of hydrogen-bond acceptors (Lipinski definition) is 3. The number of carbonyl (C=O) groups excluding carboxylic acids is 2. The third-order valence-electron chi connectivity index (χ3n) is 3.80. The molecule has 0 saturated heterocycles. The van der Waals surface area contributed by atoms with Gasteiger partial charge >= 0.3 is 0 Å². The van der Waals surface area contributed by atoms with Gasteiger partial charge in [0.2, 0.25) is 5.91 Å². The van der Waals surface area contributed by atoms with E-state index in [1.165, 1.54) is 0 Å². The molecule has 2 N–H and O–H groups in total. The molecule has 1 aliphatic rings. The van der Waals surface area contributed by atoms with Gasteiger partial charge in [0, 0.05) is 11.6 Å². The van der Waals surface area contributed by atoms with Crippen molar-refractivity contribution < 1.29 is 9.59 Å². The summed E-state index contributed by atoms with van der Waals surface area (Å²) in [5.74, 6) is -0.546. The fourth-order valence-corrected chi connectivity index (χ4v) is 2.72. The molecule has 5 heteroatoms. The van der Waals surface area contributed by atoms with Crippen LogP contribution in [-0.4, -0.2) is 24.4 Å².